The van der Waals surface area contributed by atoms with Crippen molar-refractivity contribution in [1.29, 1.82) is 0 Å². The number of hydrogen-bond acceptors (Lipinski definition) is 5. The molecule has 0 saturated heterocycles. The number of carbonyl (C=O) groups is 1. The summed E-state index contributed by atoms with van der Waals surface area (Å²) >= 11 is 0. The summed E-state index contributed by atoms with van der Waals surface area (Å²) in [6.07, 6.45) is 23.7. The van der Waals surface area contributed by atoms with Gasteiger partial charge in [0.15, 0.2) is 0 Å². The Morgan fingerprint density at radius 2 is 1.27 bits per heavy atom. The van der Waals surface area contributed by atoms with Crippen LogP contribution in [0.3, 0.4) is 0 Å². The SMILES string of the molecule is CCCCCCCCCCC(Cc1ncccn1)c1ccc(OC(=O)OCCCCCCCCC)cc1. The number of benzene rings is 1. The lowest BCUT2D eigenvalue weighted by Crippen LogP contribution is -2.11. The van der Waals surface area contributed by atoms with Gasteiger partial charge in [0.2, 0.25) is 0 Å². The molecule has 0 fully saturated rings. The summed E-state index contributed by atoms with van der Waals surface area (Å²) in [5, 5.41) is 0. The minimum atomic E-state index is -0.619. The molecule has 1 heterocycles. The van der Waals surface area contributed by atoms with Gasteiger partial charge in [-0.05, 0) is 42.5 Å². The van der Waals surface area contributed by atoms with Crippen LogP contribution in [-0.2, 0) is 11.2 Å². The number of unbranched alkanes of at least 4 members (excludes halogenated alkanes) is 13. The van der Waals surface area contributed by atoms with Crippen molar-refractivity contribution in [1.82, 2.24) is 9.97 Å². The number of hydrogen-bond donors (Lipinski definition) is 0. The number of ether oxygens (including phenoxy) is 2. The van der Waals surface area contributed by atoms with Crippen molar-refractivity contribution in [2.24, 2.45) is 0 Å². The zero-order chi connectivity index (χ0) is 26.4. The first-order valence-corrected chi connectivity index (χ1v) is 14.9. The number of aromatic nitrogens is 2. The van der Waals surface area contributed by atoms with E-state index in [0.717, 1.165) is 31.5 Å². The molecule has 1 unspecified atom stereocenters. The second-order valence-corrected chi connectivity index (χ2v) is 10.2. The van der Waals surface area contributed by atoms with Gasteiger partial charge in [0.05, 0.1) is 6.61 Å². The fourth-order valence-electron chi connectivity index (χ4n) is 4.72. The van der Waals surface area contributed by atoms with Crippen molar-refractivity contribution < 1.29 is 14.3 Å². The molecular formula is C32H50N2O3. The van der Waals surface area contributed by atoms with Gasteiger partial charge >= 0.3 is 6.16 Å². The van der Waals surface area contributed by atoms with E-state index >= 15 is 0 Å². The molecule has 2 rings (SSSR count). The summed E-state index contributed by atoms with van der Waals surface area (Å²) in [5.74, 6) is 1.75. The molecule has 0 aliphatic rings. The molecule has 5 heteroatoms. The lowest BCUT2D eigenvalue weighted by Gasteiger charge is -2.17. The first kappa shape index (κ1) is 30.8. The summed E-state index contributed by atoms with van der Waals surface area (Å²) in [6.45, 7) is 4.91. The van der Waals surface area contributed by atoms with E-state index in [9.17, 15) is 4.79 Å². The zero-order valence-electron chi connectivity index (χ0n) is 23.5. The van der Waals surface area contributed by atoms with E-state index < -0.39 is 6.16 Å². The van der Waals surface area contributed by atoms with Crippen LogP contribution in [0.4, 0.5) is 4.79 Å². The van der Waals surface area contributed by atoms with Gasteiger partial charge in [0.25, 0.3) is 0 Å². The fraction of sp³-hybridized carbons (Fsp3) is 0.656. The van der Waals surface area contributed by atoms with Crippen LogP contribution in [0.2, 0.25) is 0 Å². The van der Waals surface area contributed by atoms with E-state index in [0.29, 0.717) is 18.3 Å². The maximum absolute atomic E-state index is 12.1. The highest BCUT2D eigenvalue weighted by atomic mass is 16.7. The van der Waals surface area contributed by atoms with Crippen molar-refractivity contribution in [2.75, 3.05) is 6.61 Å². The summed E-state index contributed by atoms with van der Waals surface area (Å²) < 4.78 is 10.7. The Morgan fingerprint density at radius 1 is 0.730 bits per heavy atom. The molecule has 5 nitrogen and oxygen atoms in total. The van der Waals surface area contributed by atoms with Crippen molar-refractivity contribution in [3.8, 4) is 5.75 Å². The van der Waals surface area contributed by atoms with Crippen molar-refractivity contribution in [3.63, 3.8) is 0 Å². The number of rotatable bonds is 21. The second-order valence-electron chi connectivity index (χ2n) is 10.2. The topological polar surface area (TPSA) is 61.3 Å². The lowest BCUT2D eigenvalue weighted by atomic mass is 9.89. The standard InChI is InChI=1S/C32H50N2O3/c1-3-5-7-9-11-12-14-16-19-29(27-31-33-24-18-25-34-31)28-20-22-30(23-21-28)37-32(35)36-26-17-15-13-10-8-6-4-2/h18,20-25,29H,3-17,19,26-27H2,1-2H3. The van der Waals surface area contributed by atoms with E-state index in [1.165, 1.54) is 89.0 Å². The molecule has 0 aliphatic carbocycles. The van der Waals surface area contributed by atoms with Gasteiger partial charge in [-0.2, -0.15) is 0 Å². The fourth-order valence-corrected chi connectivity index (χ4v) is 4.72. The minimum Gasteiger partial charge on any atom is -0.434 e. The Bertz CT molecular complexity index is 811. The third kappa shape index (κ3) is 14.8. The largest absolute Gasteiger partial charge is 0.513 e. The van der Waals surface area contributed by atoms with Crippen LogP contribution in [-0.4, -0.2) is 22.7 Å². The van der Waals surface area contributed by atoms with Crippen molar-refractivity contribution >= 4 is 6.16 Å². The van der Waals surface area contributed by atoms with Crippen LogP contribution in [0, 0.1) is 0 Å². The van der Waals surface area contributed by atoms with E-state index in [4.69, 9.17) is 9.47 Å². The molecule has 0 spiro atoms. The third-order valence-electron chi connectivity index (χ3n) is 6.97. The number of nitrogens with zero attached hydrogens (tertiary/aromatic N) is 2. The van der Waals surface area contributed by atoms with E-state index in [1.807, 2.05) is 30.6 Å². The van der Waals surface area contributed by atoms with Crippen LogP contribution in [0.5, 0.6) is 5.75 Å². The van der Waals surface area contributed by atoms with Gasteiger partial charge in [0.1, 0.15) is 11.6 Å². The maximum Gasteiger partial charge on any atom is 0.513 e. The van der Waals surface area contributed by atoms with Crippen molar-refractivity contribution in [2.45, 2.75) is 129 Å². The Balaban J connectivity index is 1.76. The zero-order valence-corrected chi connectivity index (χ0v) is 23.5. The third-order valence-corrected chi connectivity index (χ3v) is 6.97. The molecule has 0 bridgehead atoms. The first-order valence-electron chi connectivity index (χ1n) is 14.9. The van der Waals surface area contributed by atoms with Crippen LogP contribution >= 0.6 is 0 Å². The predicted octanol–water partition coefficient (Wildman–Crippen LogP) is 9.60. The molecule has 206 valence electrons. The number of carbonyl (C=O) groups excluding carboxylic acids is 1. The Morgan fingerprint density at radius 3 is 1.86 bits per heavy atom. The average Bonchev–Trinajstić information content (AvgIpc) is 2.92. The molecule has 1 atom stereocenters. The monoisotopic (exact) mass is 510 g/mol. The summed E-state index contributed by atoms with van der Waals surface area (Å²) in [7, 11) is 0. The van der Waals surface area contributed by atoms with Crippen LogP contribution in [0.25, 0.3) is 0 Å². The summed E-state index contributed by atoms with van der Waals surface area (Å²) in [5.41, 5.74) is 1.24. The average molecular weight is 511 g/mol. The normalized spacial score (nSPS) is 11.8. The molecule has 2 aromatic rings. The van der Waals surface area contributed by atoms with Gasteiger partial charge in [-0.1, -0.05) is 116 Å². The van der Waals surface area contributed by atoms with E-state index in [-0.39, 0.29) is 0 Å². The van der Waals surface area contributed by atoms with Gasteiger partial charge in [0, 0.05) is 18.8 Å². The molecule has 0 amide bonds. The molecule has 0 aliphatic heterocycles. The van der Waals surface area contributed by atoms with E-state index in [2.05, 4.69) is 35.9 Å². The molecule has 0 N–H and O–H groups in total. The molecule has 1 aromatic heterocycles. The van der Waals surface area contributed by atoms with E-state index in [1.54, 1.807) is 0 Å². The molecule has 0 saturated carbocycles. The van der Waals surface area contributed by atoms with Gasteiger partial charge in [-0.15, -0.1) is 0 Å². The van der Waals surface area contributed by atoms with Gasteiger partial charge in [-0.3, -0.25) is 0 Å². The van der Waals surface area contributed by atoms with Crippen LogP contribution in [0.1, 0.15) is 134 Å². The highest BCUT2D eigenvalue weighted by Gasteiger charge is 2.15. The van der Waals surface area contributed by atoms with Gasteiger partial charge in [-0.25, -0.2) is 14.8 Å². The second kappa shape index (κ2) is 20.6. The predicted molar refractivity (Wildman–Crippen MR) is 152 cm³/mol. The quantitative estimate of drug-likeness (QED) is 0.0950. The highest BCUT2D eigenvalue weighted by Crippen LogP contribution is 2.28. The highest BCUT2D eigenvalue weighted by molar-refractivity contribution is 5.63. The van der Waals surface area contributed by atoms with Crippen LogP contribution < -0.4 is 4.74 Å². The lowest BCUT2D eigenvalue weighted by molar-refractivity contribution is 0.0973. The summed E-state index contributed by atoms with van der Waals surface area (Å²) in [4.78, 5) is 21.0. The molecule has 1 aromatic carbocycles. The molecule has 37 heavy (non-hydrogen) atoms. The maximum atomic E-state index is 12.1. The Hall–Kier alpha value is -2.43. The smallest absolute Gasteiger partial charge is 0.434 e. The Labute approximate surface area is 225 Å². The molecule has 0 radical (unpaired) electrons. The summed E-state index contributed by atoms with van der Waals surface area (Å²) in [6, 6.07) is 9.73. The van der Waals surface area contributed by atoms with Crippen molar-refractivity contribution in [3.05, 3.63) is 54.1 Å². The molecular weight excluding hydrogens is 460 g/mol. The van der Waals surface area contributed by atoms with Crippen LogP contribution in [0.15, 0.2) is 42.7 Å². The minimum absolute atomic E-state index is 0.348. The van der Waals surface area contributed by atoms with Gasteiger partial charge < -0.3 is 9.47 Å². The first-order chi connectivity index (χ1) is 18.2. The Kier molecular flexibility index (Phi) is 17.1.